The molecule has 2 aromatic rings. The molecule has 0 amide bonds. The Morgan fingerprint density at radius 2 is 2.28 bits per heavy atom. The fraction of sp³-hybridized carbons (Fsp3) is 0.500. The molecule has 0 aliphatic carbocycles. The largest absolute Gasteiger partial charge is 0.337 e. The van der Waals surface area contributed by atoms with Crippen LogP contribution in [0.2, 0.25) is 0 Å². The maximum atomic E-state index is 4.38. The lowest BCUT2D eigenvalue weighted by molar-refractivity contribution is 0.428. The minimum Gasteiger partial charge on any atom is -0.337 e. The Kier molecular flexibility index (Phi) is 3.88. The zero-order chi connectivity index (χ0) is 13.2. The molecule has 1 N–H and O–H groups in total. The average molecular weight is 263 g/mol. The molecule has 0 radical (unpaired) electrons. The van der Waals surface area contributed by atoms with Gasteiger partial charge in [-0.05, 0) is 18.4 Å². The van der Waals surface area contributed by atoms with E-state index >= 15 is 0 Å². The van der Waals surface area contributed by atoms with Crippen LogP contribution >= 0.6 is 11.3 Å². The van der Waals surface area contributed by atoms with E-state index in [4.69, 9.17) is 0 Å². The first-order valence-corrected chi connectivity index (χ1v) is 7.13. The Balaban J connectivity index is 1.98. The number of thiophene rings is 1. The molecule has 3 nitrogen and oxygen atoms in total. The van der Waals surface area contributed by atoms with Gasteiger partial charge in [-0.1, -0.05) is 19.9 Å². The van der Waals surface area contributed by atoms with E-state index in [1.54, 1.807) is 0 Å². The first-order valence-electron chi connectivity index (χ1n) is 6.25. The van der Waals surface area contributed by atoms with Crippen molar-refractivity contribution in [3.05, 3.63) is 40.6 Å². The second-order valence-corrected chi connectivity index (χ2v) is 6.31. The Hall–Kier alpha value is -1.13. The van der Waals surface area contributed by atoms with E-state index < -0.39 is 0 Å². The molecule has 0 aliphatic heterocycles. The zero-order valence-electron chi connectivity index (χ0n) is 11.5. The minimum absolute atomic E-state index is 0.160. The van der Waals surface area contributed by atoms with E-state index in [2.05, 4.69) is 53.2 Å². The van der Waals surface area contributed by atoms with E-state index in [9.17, 15) is 0 Å². The van der Waals surface area contributed by atoms with Crippen molar-refractivity contribution >= 4 is 11.3 Å². The molecule has 2 rings (SSSR count). The highest BCUT2D eigenvalue weighted by Gasteiger charge is 2.23. The molecule has 98 valence electrons. The van der Waals surface area contributed by atoms with Crippen molar-refractivity contribution < 1.29 is 0 Å². The first kappa shape index (κ1) is 13.3. The van der Waals surface area contributed by atoms with Gasteiger partial charge in [0.25, 0.3) is 0 Å². The fourth-order valence-electron chi connectivity index (χ4n) is 2.04. The molecule has 18 heavy (non-hydrogen) atoms. The van der Waals surface area contributed by atoms with Crippen molar-refractivity contribution in [2.24, 2.45) is 7.05 Å². The molecule has 1 unspecified atom stereocenters. The van der Waals surface area contributed by atoms with Crippen molar-refractivity contribution in [2.75, 3.05) is 6.54 Å². The summed E-state index contributed by atoms with van der Waals surface area (Å²) in [7, 11) is 2.03. The van der Waals surface area contributed by atoms with Crippen molar-refractivity contribution in [2.45, 2.75) is 32.2 Å². The van der Waals surface area contributed by atoms with Crippen molar-refractivity contribution in [1.29, 1.82) is 0 Å². The van der Waals surface area contributed by atoms with Crippen LogP contribution < -0.4 is 5.32 Å². The van der Waals surface area contributed by atoms with E-state index in [0.29, 0.717) is 0 Å². The third kappa shape index (κ3) is 2.82. The van der Waals surface area contributed by atoms with E-state index in [1.165, 1.54) is 4.88 Å². The van der Waals surface area contributed by atoms with Crippen LogP contribution in [0.15, 0.2) is 29.9 Å². The van der Waals surface area contributed by atoms with Gasteiger partial charge in [-0.2, -0.15) is 0 Å². The predicted octanol–water partition coefficient (Wildman–Crippen LogP) is 3.11. The number of hydrogen-bond donors (Lipinski definition) is 1. The summed E-state index contributed by atoms with van der Waals surface area (Å²) in [6.07, 6.45) is 3.83. The Labute approximate surface area is 113 Å². The second-order valence-electron chi connectivity index (χ2n) is 5.36. The Bertz CT molecular complexity index is 485. The molecular formula is C14H21N3S. The Morgan fingerprint density at radius 3 is 2.83 bits per heavy atom. The van der Waals surface area contributed by atoms with Gasteiger partial charge in [-0.3, -0.25) is 0 Å². The predicted molar refractivity (Wildman–Crippen MR) is 77.0 cm³/mol. The maximum Gasteiger partial charge on any atom is 0.125 e. The quantitative estimate of drug-likeness (QED) is 0.898. The van der Waals surface area contributed by atoms with Gasteiger partial charge in [0.15, 0.2) is 0 Å². The van der Waals surface area contributed by atoms with Crippen LogP contribution in [0.5, 0.6) is 0 Å². The average Bonchev–Trinajstić information content (AvgIpc) is 2.96. The summed E-state index contributed by atoms with van der Waals surface area (Å²) in [5, 5.41) is 5.72. The molecular weight excluding hydrogens is 242 g/mol. The van der Waals surface area contributed by atoms with Crippen LogP contribution in [-0.4, -0.2) is 16.1 Å². The van der Waals surface area contributed by atoms with Gasteiger partial charge in [0, 0.05) is 36.3 Å². The van der Waals surface area contributed by atoms with Gasteiger partial charge in [0.05, 0.1) is 6.04 Å². The van der Waals surface area contributed by atoms with Crippen molar-refractivity contribution in [1.82, 2.24) is 14.9 Å². The van der Waals surface area contributed by atoms with Crippen LogP contribution in [0.3, 0.4) is 0 Å². The fourth-order valence-corrected chi connectivity index (χ4v) is 2.90. The molecule has 0 saturated heterocycles. The van der Waals surface area contributed by atoms with Gasteiger partial charge in [-0.15, -0.1) is 11.3 Å². The molecule has 0 aromatic carbocycles. The second kappa shape index (κ2) is 5.24. The SMILES string of the molecule is CC(NCC(C)(C)c1cccs1)c1nccn1C. The number of nitrogens with one attached hydrogen (secondary N) is 1. The standard InChI is InChI=1S/C14H21N3S/c1-11(13-15-7-8-17(13)4)16-10-14(2,3)12-6-5-9-18-12/h5-9,11,16H,10H2,1-4H3. The van der Waals surface area contributed by atoms with Crippen molar-refractivity contribution in [3.63, 3.8) is 0 Å². The summed E-state index contributed by atoms with van der Waals surface area (Å²) in [5.74, 6) is 1.08. The lowest BCUT2D eigenvalue weighted by Crippen LogP contribution is -2.34. The van der Waals surface area contributed by atoms with Gasteiger partial charge >= 0.3 is 0 Å². The summed E-state index contributed by atoms with van der Waals surface area (Å²) in [5.41, 5.74) is 0.160. The van der Waals surface area contributed by atoms with Crippen LogP contribution in [-0.2, 0) is 12.5 Å². The minimum atomic E-state index is 0.160. The molecule has 0 bridgehead atoms. The first-order chi connectivity index (χ1) is 8.50. The highest BCUT2D eigenvalue weighted by molar-refractivity contribution is 7.10. The summed E-state index contributed by atoms with van der Waals surface area (Å²) in [6, 6.07) is 4.59. The summed E-state index contributed by atoms with van der Waals surface area (Å²) in [6.45, 7) is 7.66. The summed E-state index contributed by atoms with van der Waals surface area (Å²) < 4.78 is 2.07. The van der Waals surface area contributed by atoms with Crippen LogP contribution in [0.25, 0.3) is 0 Å². The topological polar surface area (TPSA) is 29.9 Å². The van der Waals surface area contributed by atoms with Gasteiger partial charge < -0.3 is 9.88 Å². The van der Waals surface area contributed by atoms with Crippen LogP contribution in [0.4, 0.5) is 0 Å². The number of imidazole rings is 1. The monoisotopic (exact) mass is 263 g/mol. The van der Waals surface area contributed by atoms with Crippen LogP contribution in [0, 0.1) is 0 Å². The highest BCUT2D eigenvalue weighted by Crippen LogP contribution is 2.27. The molecule has 2 aromatic heterocycles. The van der Waals surface area contributed by atoms with E-state index in [0.717, 1.165) is 12.4 Å². The molecule has 0 spiro atoms. The third-order valence-corrected chi connectivity index (χ3v) is 4.52. The van der Waals surface area contributed by atoms with Gasteiger partial charge in [0.1, 0.15) is 5.82 Å². The number of aromatic nitrogens is 2. The van der Waals surface area contributed by atoms with E-state index in [-0.39, 0.29) is 11.5 Å². The van der Waals surface area contributed by atoms with Crippen molar-refractivity contribution in [3.8, 4) is 0 Å². The van der Waals surface area contributed by atoms with Crippen LogP contribution in [0.1, 0.15) is 37.5 Å². The normalized spacial score (nSPS) is 13.8. The third-order valence-electron chi connectivity index (χ3n) is 3.28. The smallest absolute Gasteiger partial charge is 0.125 e. The zero-order valence-corrected chi connectivity index (χ0v) is 12.3. The molecule has 0 fully saturated rings. The number of aryl methyl sites for hydroxylation is 1. The maximum absolute atomic E-state index is 4.38. The highest BCUT2D eigenvalue weighted by atomic mass is 32.1. The number of hydrogen-bond acceptors (Lipinski definition) is 3. The van der Waals surface area contributed by atoms with Gasteiger partial charge in [-0.25, -0.2) is 4.98 Å². The lowest BCUT2D eigenvalue weighted by atomic mass is 9.91. The lowest BCUT2D eigenvalue weighted by Gasteiger charge is -2.26. The molecule has 1 atom stereocenters. The van der Waals surface area contributed by atoms with E-state index in [1.807, 2.05) is 30.8 Å². The number of nitrogens with zero attached hydrogens (tertiary/aromatic N) is 2. The molecule has 2 heterocycles. The molecule has 0 aliphatic rings. The molecule has 0 saturated carbocycles. The molecule has 4 heteroatoms. The Morgan fingerprint density at radius 1 is 1.50 bits per heavy atom. The van der Waals surface area contributed by atoms with Gasteiger partial charge in [0.2, 0.25) is 0 Å². The number of rotatable bonds is 5. The summed E-state index contributed by atoms with van der Waals surface area (Å²) in [4.78, 5) is 5.80. The summed E-state index contributed by atoms with van der Waals surface area (Å²) >= 11 is 1.82.